The molecule has 0 aromatic heterocycles. The second-order valence-electron chi connectivity index (χ2n) is 5.62. The molecule has 1 aliphatic carbocycles. The van der Waals surface area contributed by atoms with Gasteiger partial charge in [0.2, 0.25) is 0 Å². The third-order valence-electron chi connectivity index (χ3n) is 4.34. The maximum atomic E-state index is 9.41. The van der Waals surface area contributed by atoms with Crippen LogP contribution in [0.2, 0.25) is 0 Å². The van der Waals surface area contributed by atoms with Crippen LogP contribution in [0.1, 0.15) is 24.8 Å². The number of nitrogens with zero attached hydrogens (tertiary/aromatic N) is 2. The highest BCUT2D eigenvalue weighted by atomic mass is 16.3. The summed E-state index contributed by atoms with van der Waals surface area (Å²) in [5.74, 6) is 0. The highest BCUT2D eigenvalue weighted by molar-refractivity contribution is 5.53. The van der Waals surface area contributed by atoms with Crippen LogP contribution >= 0.6 is 0 Å². The van der Waals surface area contributed by atoms with E-state index in [4.69, 9.17) is 0 Å². The normalized spacial score (nSPS) is 17.6. The minimum absolute atomic E-state index is 0.107. The zero-order chi connectivity index (χ0) is 13.2. The maximum Gasteiger partial charge on any atom is 0.0702 e. The van der Waals surface area contributed by atoms with Gasteiger partial charge in [0.05, 0.1) is 6.61 Å². The van der Waals surface area contributed by atoms with Crippen LogP contribution in [0.25, 0.3) is 0 Å². The van der Waals surface area contributed by atoms with E-state index in [0.29, 0.717) is 5.54 Å². The number of hydrogen-bond donors (Lipinski definition) is 1. The molecule has 1 aromatic rings. The molecule has 0 unspecified atom stereocenters. The number of rotatable bonds is 5. The zero-order valence-corrected chi connectivity index (χ0v) is 11.7. The van der Waals surface area contributed by atoms with E-state index in [1.54, 1.807) is 0 Å². The lowest BCUT2D eigenvalue weighted by molar-refractivity contribution is 0.0682. The van der Waals surface area contributed by atoms with Gasteiger partial charge in [-0.05, 0) is 39.4 Å². The standard InChI is InChI=1S/C15H24N2O/c1-16(2)15(9-6-10-15)12-17(3)14-8-5-4-7-13(14)11-18/h4-5,7-8,18H,6,9-12H2,1-3H3. The van der Waals surface area contributed by atoms with Crippen LogP contribution in [0, 0.1) is 0 Å². The van der Waals surface area contributed by atoms with Crippen molar-refractivity contribution in [1.29, 1.82) is 0 Å². The van der Waals surface area contributed by atoms with Gasteiger partial charge in [-0.1, -0.05) is 18.2 Å². The summed E-state index contributed by atoms with van der Waals surface area (Å²) in [5, 5.41) is 9.41. The number of aliphatic hydroxyl groups excluding tert-OH is 1. The Kier molecular flexibility index (Phi) is 3.93. The molecule has 0 heterocycles. The van der Waals surface area contributed by atoms with Crippen LogP contribution in [0.15, 0.2) is 24.3 Å². The number of likely N-dealkylation sites (N-methyl/N-ethyl adjacent to an activating group) is 2. The highest BCUT2D eigenvalue weighted by Crippen LogP contribution is 2.37. The molecule has 0 saturated heterocycles. The first-order valence-corrected chi connectivity index (χ1v) is 6.66. The number of aliphatic hydroxyl groups is 1. The Balaban J connectivity index is 2.14. The minimum atomic E-state index is 0.107. The number of benzene rings is 1. The zero-order valence-electron chi connectivity index (χ0n) is 11.7. The Morgan fingerprint density at radius 2 is 1.83 bits per heavy atom. The summed E-state index contributed by atoms with van der Waals surface area (Å²) in [6, 6.07) is 8.10. The smallest absolute Gasteiger partial charge is 0.0702 e. The van der Waals surface area contributed by atoms with Gasteiger partial charge >= 0.3 is 0 Å². The molecule has 3 heteroatoms. The van der Waals surface area contributed by atoms with Gasteiger partial charge in [-0.25, -0.2) is 0 Å². The monoisotopic (exact) mass is 248 g/mol. The van der Waals surface area contributed by atoms with Crippen molar-refractivity contribution in [2.24, 2.45) is 0 Å². The van der Waals surface area contributed by atoms with Crippen molar-refractivity contribution in [3.8, 4) is 0 Å². The topological polar surface area (TPSA) is 26.7 Å². The van der Waals surface area contributed by atoms with E-state index in [1.165, 1.54) is 19.3 Å². The minimum Gasteiger partial charge on any atom is -0.392 e. The van der Waals surface area contributed by atoms with Crippen LogP contribution in [-0.4, -0.2) is 43.2 Å². The molecule has 0 amide bonds. The van der Waals surface area contributed by atoms with Crippen LogP contribution in [0.3, 0.4) is 0 Å². The number of para-hydroxylation sites is 1. The van der Waals surface area contributed by atoms with Crippen molar-refractivity contribution in [3.05, 3.63) is 29.8 Å². The lowest BCUT2D eigenvalue weighted by atomic mass is 9.75. The van der Waals surface area contributed by atoms with Gasteiger partial charge in [0.1, 0.15) is 0 Å². The van der Waals surface area contributed by atoms with E-state index in [9.17, 15) is 5.11 Å². The average molecular weight is 248 g/mol. The summed E-state index contributed by atoms with van der Waals surface area (Å²) in [7, 11) is 6.47. The maximum absolute atomic E-state index is 9.41. The first-order valence-electron chi connectivity index (χ1n) is 6.66. The summed E-state index contributed by atoms with van der Waals surface area (Å²) in [4.78, 5) is 4.64. The third-order valence-corrected chi connectivity index (χ3v) is 4.34. The molecule has 1 aromatic carbocycles. The summed E-state index contributed by atoms with van der Waals surface area (Å²) in [5.41, 5.74) is 2.47. The third kappa shape index (κ3) is 2.38. The van der Waals surface area contributed by atoms with E-state index < -0.39 is 0 Å². The van der Waals surface area contributed by atoms with Crippen LogP contribution in [-0.2, 0) is 6.61 Å². The quantitative estimate of drug-likeness (QED) is 0.864. The van der Waals surface area contributed by atoms with Crippen molar-refractivity contribution in [3.63, 3.8) is 0 Å². The molecular weight excluding hydrogens is 224 g/mol. The van der Waals surface area contributed by atoms with Crippen molar-refractivity contribution in [2.45, 2.75) is 31.4 Å². The molecule has 1 N–H and O–H groups in total. The Labute approximate surface area is 110 Å². The number of hydrogen-bond acceptors (Lipinski definition) is 3. The van der Waals surface area contributed by atoms with Crippen LogP contribution in [0.4, 0.5) is 5.69 Å². The van der Waals surface area contributed by atoms with Crippen LogP contribution in [0.5, 0.6) is 0 Å². The fourth-order valence-corrected chi connectivity index (χ4v) is 2.88. The van der Waals surface area contributed by atoms with Crippen molar-refractivity contribution >= 4 is 5.69 Å². The summed E-state index contributed by atoms with van der Waals surface area (Å²) in [6.07, 6.45) is 3.87. The average Bonchev–Trinajstić information content (AvgIpc) is 2.33. The predicted molar refractivity (Wildman–Crippen MR) is 75.9 cm³/mol. The van der Waals surface area contributed by atoms with Crippen molar-refractivity contribution in [2.75, 3.05) is 32.6 Å². The Morgan fingerprint density at radius 1 is 1.17 bits per heavy atom. The first kappa shape index (κ1) is 13.4. The van der Waals surface area contributed by atoms with E-state index in [0.717, 1.165) is 17.8 Å². The molecule has 0 atom stereocenters. The summed E-state index contributed by atoms with van der Waals surface area (Å²) in [6.45, 7) is 1.13. The summed E-state index contributed by atoms with van der Waals surface area (Å²) >= 11 is 0. The predicted octanol–water partition coefficient (Wildman–Crippen LogP) is 2.10. The van der Waals surface area contributed by atoms with E-state index in [2.05, 4.69) is 37.0 Å². The van der Waals surface area contributed by atoms with Gasteiger partial charge in [-0.15, -0.1) is 0 Å². The Morgan fingerprint density at radius 3 is 2.33 bits per heavy atom. The molecule has 2 rings (SSSR count). The lowest BCUT2D eigenvalue weighted by Crippen LogP contribution is -2.56. The number of anilines is 1. The SMILES string of the molecule is CN(CC1(N(C)C)CCC1)c1ccccc1CO. The molecule has 0 spiro atoms. The molecular formula is C15H24N2O. The van der Waals surface area contributed by atoms with Gasteiger partial charge in [0.15, 0.2) is 0 Å². The van der Waals surface area contributed by atoms with Crippen molar-refractivity contribution in [1.82, 2.24) is 4.90 Å². The largest absolute Gasteiger partial charge is 0.392 e. The molecule has 1 saturated carbocycles. The molecule has 3 nitrogen and oxygen atoms in total. The summed E-state index contributed by atoms with van der Waals surface area (Å²) < 4.78 is 0. The van der Waals surface area contributed by atoms with Gasteiger partial charge in [-0.3, -0.25) is 0 Å². The lowest BCUT2D eigenvalue weighted by Gasteiger charge is -2.49. The molecule has 0 aliphatic heterocycles. The van der Waals surface area contributed by atoms with Gasteiger partial charge in [0.25, 0.3) is 0 Å². The molecule has 1 aliphatic rings. The first-order chi connectivity index (χ1) is 8.59. The molecule has 18 heavy (non-hydrogen) atoms. The fraction of sp³-hybridized carbons (Fsp3) is 0.600. The Bertz CT molecular complexity index is 399. The molecule has 0 bridgehead atoms. The van der Waals surface area contributed by atoms with Gasteiger partial charge < -0.3 is 14.9 Å². The van der Waals surface area contributed by atoms with E-state index in [-0.39, 0.29) is 6.61 Å². The van der Waals surface area contributed by atoms with Crippen LogP contribution < -0.4 is 4.90 Å². The molecule has 100 valence electrons. The highest BCUT2D eigenvalue weighted by Gasteiger charge is 2.40. The second kappa shape index (κ2) is 5.29. The molecule has 0 radical (unpaired) electrons. The van der Waals surface area contributed by atoms with Gasteiger partial charge in [0, 0.05) is 30.4 Å². The van der Waals surface area contributed by atoms with Gasteiger partial charge in [-0.2, -0.15) is 0 Å². The van der Waals surface area contributed by atoms with E-state index >= 15 is 0 Å². The molecule has 1 fully saturated rings. The Hall–Kier alpha value is -1.06. The van der Waals surface area contributed by atoms with Crippen molar-refractivity contribution < 1.29 is 5.11 Å². The van der Waals surface area contributed by atoms with E-state index in [1.807, 2.05) is 18.2 Å². The fourth-order valence-electron chi connectivity index (χ4n) is 2.88. The second-order valence-corrected chi connectivity index (χ2v) is 5.62.